The molecule has 0 N–H and O–H groups in total. The average molecular weight is 212 g/mol. The van der Waals surface area contributed by atoms with Crippen molar-refractivity contribution in [2.75, 3.05) is 0 Å². The van der Waals surface area contributed by atoms with Gasteiger partial charge in [0.15, 0.2) is 0 Å². The van der Waals surface area contributed by atoms with Gasteiger partial charge in [0.2, 0.25) is 0 Å². The highest BCUT2D eigenvalue weighted by atomic mass is 14.2. The molecule has 2 nitrogen and oxygen atoms in total. The van der Waals surface area contributed by atoms with Crippen LogP contribution in [0.5, 0.6) is 0 Å². The summed E-state index contributed by atoms with van der Waals surface area (Å²) in [5.41, 5.74) is 4.63. The van der Waals surface area contributed by atoms with Gasteiger partial charge in [-0.3, -0.25) is 0 Å². The fourth-order valence-electron chi connectivity index (χ4n) is 1.95. The number of hydrogen-bond donors (Lipinski definition) is 0. The minimum Gasteiger partial charge on any atom is -0.198 e. The second kappa shape index (κ2) is 5.93. The zero-order valence-electron chi connectivity index (χ0n) is 9.88. The highest BCUT2D eigenvalue weighted by Crippen LogP contribution is 2.19. The Morgan fingerprint density at radius 1 is 0.812 bits per heavy atom. The first kappa shape index (κ1) is 12.3. The third kappa shape index (κ3) is 2.61. The summed E-state index contributed by atoms with van der Waals surface area (Å²) in [6.45, 7) is 4.16. The van der Waals surface area contributed by atoms with Crippen LogP contribution in [0.3, 0.4) is 0 Å². The lowest BCUT2D eigenvalue weighted by atomic mass is 9.93. The van der Waals surface area contributed by atoms with E-state index < -0.39 is 0 Å². The molecule has 0 amide bonds. The largest absolute Gasteiger partial charge is 0.198 e. The molecule has 0 aliphatic carbocycles. The summed E-state index contributed by atoms with van der Waals surface area (Å²) in [6, 6.07) is 8.58. The van der Waals surface area contributed by atoms with Gasteiger partial charge in [0.05, 0.1) is 25.0 Å². The molecule has 0 unspecified atom stereocenters. The molecule has 0 radical (unpaired) electrons. The zero-order valence-corrected chi connectivity index (χ0v) is 9.88. The van der Waals surface area contributed by atoms with E-state index >= 15 is 0 Å². The quantitative estimate of drug-likeness (QED) is 0.770. The molecule has 0 aliphatic heterocycles. The van der Waals surface area contributed by atoms with Crippen LogP contribution in [0.1, 0.15) is 36.1 Å². The number of aryl methyl sites for hydroxylation is 2. The van der Waals surface area contributed by atoms with E-state index in [0.29, 0.717) is 12.8 Å². The molecule has 0 atom stereocenters. The van der Waals surface area contributed by atoms with Crippen molar-refractivity contribution in [3.63, 3.8) is 0 Å². The average Bonchev–Trinajstić information content (AvgIpc) is 2.31. The Morgan fingerprint density at radius 2 is 1.19 bits per heavy atom. The molecule has 0 aliphatic rings. The van der Waals surface area contributed by atoms with Gasteiger partial charge in [0, 0.05) is 0 Å². The molecule has 0 spiro atoms. The van der Waals surface area contributed by atoms with Crippen molar-refractivity contribution in [1.29, 1.82) is 10.5 Å². The van der Waals surface area contributed by atoms with Crippen LogP contribution in [-0.4, -0.2) is 0 Å². The molecule has 0 aromatic heterocycles. The number of nitrogens with zero attached hydrogens (tertiary/aromatic N) is 2. The molecule has 0 fully saturated rings. The van der Waals surface area contributed by atoms with Gasteiger partial charge in [-0.05, 0) is 35.1 Å². The molecule has 0 saturated heterocycles. The predicted molar refractivity (Wildman–Crippen MR) is 63.8 cm³/mol. The Bertz CT molecular complexity index is 403. The number of rotatable bonds is 4. The molecule has 2 heteroatoms. The van der Waals surface area contributed by atoms with E-state index in [1.54, 1.807) is 0 Å². The Balaban J connectivity index is 3.24. The minimum atomic E-state index is 0.461. The molecule has 0 saturated carbocycles. The van der Waals surface area contributed by atoms with Gasteiger partial charge in [-0.15, -0.1) is 0 Å². The van der Waals surface area contributed by atoms with Crippen molar-refractivity contribution in [2.45, 2.75) is 39.5 Å². The number of nitriles is 2. The molecule has 0 bridgehead atoms. The van der Waals surface area contributed by atoms with Crippen LogP contribution >= 0.6 is 0 Å². The maximum atomic E-state index is 8.77. The van der Waals surface area contributed by atoms with Gasteiger partial charge in [-0.25, -0.2) is 0 Å². The second-order valence-corrected chi connectivity index (χ2v) is 3.77. The SMILES string of the molecule is CCc1cc(CC#N)c(CC)cc1CC#N. The molecule has 16 heavy (non-hydrogen) atoms. The first-order chi connectivity index (χ1) is 7.76. The Labute approximate surface area is 97.1 Å². The lowest BCUT2D eigenvalue weighted by Gasteiger charge is -2.11. The van der Waals surface area contributed by atoms with Gasteiger partial charge in [-0.2, -0.15) is 10.5 Å². The first-order valence-corrected chi connectivity index (χ1v) is 5.64. The van der Waals surface area contributed by atoms with Crippen molar-refractivity contribution in [3.8, 4) is 12.1 Å². The molecular weight excluding hydrogens is 196 g/mol. The van der Waals surface area contributed by atoms with Crippen LogP contribution in [0.25, 0.3) is 0 Å². The molecule has 1 aromatic carbocycles. The summed E-state index contributed by atoms with van der Waals surface area (Å²) in [7, 11) is 0. The molecule has 82 valence electrons. The minimum absolute atomic E-state index is 0.461. The van der Waals surface area contributed by atoms with Crippen molar-refractivity contribution in [1.82, 2.24) is 0 Å². The third-order valence-corrected chi connectivity index (χ3v) is 2.82. The zero-order chi connectivity index (χ0) is 12.0. The molecule has 0 heterocycles. The summed E-state index contributed by atoms with van der Waals surface area (Å²) in [5, 5.41) is 17.5. The van der Waals surface area contributed by atoms with Crippen molar-refractivity contribution in [2.24, 2.45) is 0 Å². The van der Waals surface area contributed by atoms with Crippen LogP contribution < -0.4 is 0 Å². The van der Waals surface area contributed by atoms with E-state index in [9.17, 15) is 0 Å². The fraction of sp³-hybridized carbons (Fsp3) is 0.429. The van der Waals surface area contributed by atoms with Crippen molar-refractivity contribution < 1.29 is 0 Å². The van der Waals surface area contributed by atoms with Crippen LogP contribution in [0.15, 0.2) is 12.1 Å². The predicted octanol–water partition coefficient (Wildman–Crippen LogP) is 2.94. The van der Waals surface area contributed by atoms with E-state index in [2.05, 4.69) is 38.1 Å². The lowest BCUT2D eigenvalue weighted by molar-refractivity contribution is 1.02. The van der Waals surface area contributed by atoms with Crippen molar-refractivity contribution >= 4 is 0 Å². The van der Waals surface area contributed by atoms with Crippen LogP contribution in [-0.2, 0) is 25.7 Å². The van der Waals surface area contributed by atoms with E-state index in [4.69, 9.17) is 10.5 Å². The van der Waals surface area contributed by atoms with E-state index in [-0.39, 0.29) is 0 Å². The molecule has 1 aromatic rings. The fourth-order valence-corrected chi connectivity index (χ4v) is 1.95. The smallest absolute Gasteiger partial charge is 0.0669 e. The van der Waals surface area contributed by atoms with E-state index in [1.165, 1.54) is 11.1 Å². The normalized spacial score (nSPS) is 9.50. The standard InChI is InChI=1S/C14H16N2/c1-3-11-9-14(6-8-16)12(4-2)10-13(11)5-7-15/h9-10H,3-6H2,1-2H3. The number of benzene rings is 1. The van der Waals surface area contributed by atoms with Crippen LogP contribution in [0.2, 0.25) is 0 Å². The number of hydrogen-bond acceptors (Lipinski definition) is 2. The molecular formula is C14H16N2. The van der Waals surface area contributed by atoms with E-state index in [0.717, 1.165) is 24.0 Å². The second-order valence-electron chi connectivity index (χ2n) is 3.77. The van der Waals surface area contributed by atoms with E-state index in [1.807, 2.05) is 0 Å². The summed E-state index contributed by atoms with van der Waals surface area (Å²) in [5.74, 6) is 0. The summed E-state index contributed by atoms with van der Waals surface area (Å²) in [6.07, 6.45) is 2.75. The lowest BCUT2D eigenvalue weighted by Crippen LogP contribution is -1.99. The van der Waals surface area contributed by atoms with Crippen LogP contribution in [0.4, 0.5) is 0 Å². The van der Waals surface area contributed by atoms with Crippen LogP contribution in [0, 0.1) is 22.7 Å². The highest BCUT2D eigenvalue weighted by molar-refractivity contribution is 5.41. The summed E-state index contributed by atoms with van der Waals surface area (Å²) < 4.78 is 0. The maximum Gasteiger partial charge on any atom is 0.0669 e. The van der Waals surface area contributed by atoms with Crippen molar-refractivity contribution in [3.05, 3.63) is 34.4 Å². The van der Waals surface area contributed by atoms with Gasteiger partial charge >= 0.3 is 0 Å². The monoisotopic (exact) mass is 212 g/mol. The molecule has 1 rings (SSSR count). The van der Waals surface area contributed by atoms with Gasteiger partial charge in [0.1, 0.15) is 0 Å². The van der Waals surface area contributed by atoms with Gasteiger partial charge in [0.25, 0.3) is 0 Å². The topological polar surface area (TPSA) is 47.6 Å². The van der Waals surface area contributed by atoms with Gasteiger partial charge in [-0.1, -0.05) is 26.0 Å². The van der Waals surface area contributed by atoms with Gasteiger partial charge < -0.3 is 0 Å². The Hall–Kier alpha value is -1.80. The summed E-state index contributed by atoms with van der Waals surface area (Å²) in [4.78, 5) is 0. The maximum absolute atomic E-state index is 8.77. The highest BCUT2D eigenvalue weighted by Gasteiger charge is 2.07. The Kier molecular flexibility index (Phi) is 4.55. The Morgan fingerprint density at radius 3 is 1.44 bits per heavy atom. The third-order valence-electron chi connectivity index (χ3n) is 2.82. The summed E-state index contributed by atoms with van der Waals surface area (Å²) >= 11 is 0. The first-order valence-electron chi connectivity index (χ1n) is 5.64.